The van der Waals surface area contributed by atoms with Crippen LogP contribution in [0.4, 0.5) is 11.4 Å². The molecule has 0 saturated heterocycles. The van der Waals surface area contributed by atoms with E-state index < -0.39 is 0 Å². The molecule has 8 aromatic rings. The zero-order valence-electron chi connectivity index (χ0n) is 44.4. The maximum atomic E-state index is 2.17. The molecule has 0 aliphatic heterocycles. The van der Waals surface area contributed by atoms with Crippen molar-refractivity contribution in [1.82, 2.24) is 0 Å². The Morgan fingerprint density at radius 2 is 0.424 bits per heavy atom. The van der Waals surface area contributed by atoms with Gasteiger partial charge in [0.25, 0.3) is 0 Å². The fourth-order valence-corrected chi connectivity index (χ4v) is 5.55. The first-order valence-electron chi connectivity index (χ1n) is 24.5. The maximum absolute atomic E-state index is 2.17. The Balaban J connectivity index is -0.000000723. The Morgan fingerprint density at radius 3 is 0.636 bits per heavy atom. The summed E-state index contributed by atoms with van der Waals surface area (Å²) in [7, 11) is 2.07. The van der Waals surface area contributed by atoms with Crippen molar-refractivity contribution in [1.29, 1.82) is 0 Å². The van der Waals surface area contributed by atoms with Gasteiger partial charge < -0.3 is 4.90 Å². The predicted octanol–water partition coefficient (Wildman–Crippen LogP) is 20.9. The van der Waals surface area contributed by atoms with Crippen molar-refractivity contribution in [3.05, 3.63) is 253 Å². The normalized spacial score (nSPS) is 8.38. The first kappa shape index (κ1) is 63.8. The highest BCUT2D eigenvalue weighted by molar-refractivity contribution is 5.67. The van der Waals surface area contributed by atoms with Gasteiger partial charge in [-0.2, -0.15) is 0 Å². The molecule has 0 amide bonds. The van der Waals surface area contributed by atoms with Crippen LogP contribution in [0.3, 0.4) is 0 Å². The molecule has 0 atom stereocenters. The van der Waals surface area contributed by atoms with Crippen LogP contribution in [0.5, 0.6) is 0 Å². The zero-order valence-corrected chi connectivity index (χ0v) is 44.4. The molecule has 0 saturated carbocycles. The Morgan fingerprint density at radius 1 is 0.227 bits per heavy atom. The summed E-state index contributed by atoms with van der Waals surface area (Å²) in [6, 6.07) is 79.0. The molecule has 0 heterocycles. The maximum Gasteiger partial charge on any atom is 0.0408 e. The highest BCUT2D eigenvalue weighted by Crippen LogP contribution is 2.24. The van der Waals surface area contributed by atoms with Gasteiger partial charge in [0.05, 0.1) is 0 Å². The second kappa shape index (κ2) is 46.5. The lowest BCUT2D eigenvalue weighted by Gasteiger charge is -2.18. The Labute approximate surface area is 407 Å². The predicted molar refractivity (Wildman–Crippen MR) is 305 cm³/mol. The van der Waals surface area contributed by atoms with Gasteiger partial charge in [-0.1, -0.05) is 300 Å². The van der Waals surface area contributed by atoms with Crippen molar-refractivity contribution in [3.8, 4) is 22.3 Å². The lowest BCUT2D eigenvalue weighted by Crippen LogP contribution is -2.08. The van der Waals surface area contributed by atoms with Crippen LogP contribution in [-0.2, 0) is 0 Å². The summed E-state index contributed by atoms with van der Waals surface area (Å²) < 4.78 is 0. The van der Waals surface area contributed by atoms with Crippen LogP contribution < -0.4 is 4.90 Å². The largest absolute Gasteiger partial charge is 0.345 e. The highest BCUT2D eigenvalue weighted by Gasteiger charge is 2.01. The van der Waals surface area contributed by atoms with Crippen LogP contribution in [0.2, 0.25) is 0 Å². The molecule has 1 heteroatoms. The van der Waals surface area contributed by atoms with Gasteiger partial charge in [0.2, 0.25) is 0 Å². The zero-order chi connectivity index (χ0) is 50.2. The molecule has 0 radical (unpaired) electrons. The standard InChI is InChI=1S/C13H13N.2C13H12.2C7H8.6C2H6/c1-14(12-8-4-2-5-9-12)13-10-6-3-7-11-13;2*1-11-7-5-6-10-13(11)12-8-3-2-4-9-12;2*1-7-5-3-2-4-6-7;6*1-2/h2-11H,1H3;2*2-10H,1H3;2*2-6H,1H3;6*1-2H3. The molecule has 0 aromatic heterocycles. The second-order valence-electron chi connectivity index (χ2n) is 12.9. The van der Waals surface area contributed by atoms with Crippen LogP contribution >= 0.6 is 0 Å². The van der Waals surface area contributed by atoms with Crippen LogP contribution in [0.1, 0.15) is 105 Å². The number of hydrogen-bond acceptors (Lipinski definition) is 1. The molecule has 66 heavy (non-hydrogen) atoms. The van der Waals surface area contributed by atoms with E-state index in [2.05, 4.69) is 210 Å². The van der Waals surface area contributed by atoms with Crippen LogP contribution in [0.25, 0.3) is 22.3 Å². The van der Waals surface area contributed by atoms with Crippen molar-refractivity contribution >= 4 is 11.4 Å². The molecule has 0 bridgehead atoms. The molecule has 8 rings (SSSR count). The van der Waals surface area contributed by atoms with Gasteiger partial charge in [0, 0.05) is 18.4 Å². The van der Waals surface area contributed by atoms with E-state index in [1.54, 1.807) is 0 Å². The Bertz CT molecular complexity index is 1970. The lowest BCUT2D eigenvalue weighted by molar-refractivity contribution is 1.21. The molecule has 0 aliphatic carbocycles. The lowest BCUT2D eigenvalue weighted by atomic mass is 10.0. The van der Waals surface area contributed by atoms with Crippen LogP contribution in [0, 0.1) is 27.7 Å². The number of anilines is 2. The number of rotatable bonds is 4. The molecule has 0 N–H and O–H groups in total. The molecule has 0 spiro atoms. The SMILES string of the molecule is CC.CC.CC.CC.CC.CC.CN(c1ccccc1)c1ccccc1.Cc1ccccc1.Cc1ccccc1.Cc1ccccc1-c1ccccc1.Cc1ccccc1-c1ccccc1. The molecule has 0 fully saturated rings. The number of aryl methyl sites for hydroxylation is 4. The van der Waals surface area contributed by atoms with E-state index in [0.717, 1.165) is 0 Å². The third kappa shape index (κ3) is 29.1. The smallest absolute Gasteiger partial charge is 0.0408 e. The molecular formula is C65H89N. The van der Waals surface area contributed by atoms with Gasteiger partial charge in [0.15, 0.2) is 0 Å². The van der Waals surface area contributed by atoms with Gasteiger partial charge in [-0.25, -0.2) is 0 Å². The van der Waals surface area contributed by atoms with E-state index in [9.17, 15) is 0 Å². The summed E-state index contributed by atoms with van der Waals surface area (Å²) >= 11 is 0. The number of benzene rings is 8. The molecule has 0 aliphatic rings. The number of hydrogen-bond donors (Lipinski definition) is 0. The fourth-order valence-electron chi connectivity index (χ4n) is 5.55. The Hall–Kier alpha value is -6.44. The topological polar surface area (TPSA) is 3.24 Å². The summed E-state index contributed by atoms with van der Waals surface area (Å²) in [4.78, 5) is 2.17. The first-order valence-corrected chi connectivity index (χ1v) is 24.5. The summed E-state index contributed by atoms with van der Waals surface area (Å²) in [6.07, 6.45) is 0. The average Bonchev–Trinajstić information content (AvgIpc) is 3.42. The number of nitrogens with zero attached hydrogens (tertiary/aromatic N) is 1. The van der Waals surface area contributed by atoms with E-state index >= 15 is 0 Å². The summed E-state index contributed by atoms with van der Waals surface area (Å²) in [5, 5.41) is 0. The van der Waals surface area contributed by atoms with E-state index in [1.807, 2.05) is 144 Å². The summed E-state index contributed by atoms with van der Waals surface area (Å²) in [5.74, 6) is 0. The van der Waals surface area contributed by atoms with Crippen LogP contribution in [0.15, 0.2) is 231 Å². The molecule has 354 valence electrons. The minimum Gasteiger partial charge on any atom is -0.345 e. The van der Waals surface area contributed by atoms with Gasteiger partial charge in [-0.05, 0) is 85.3 Å². The molecular weight excluding hydrogens is 795 g/mol. The van der Waals surface area contributed by atoms with E-state index in [0.29, 0.717) is 0 Å². The molecule has 1 nitrogen and oxygen atoms in total. The highest BCUT2D eigenvalue weighted by atomic mass is 15.1. The minimum atomic E-state index is 1.21. The van der Waals surface area contributed by atoms with Crippen molar-refractivity contribution in [2.24, 2.45) is 0 Å². The average molecular weight is 884 g/mol. The monoisotopic (exact) mass is 884 g/mol. The van der Waals surface area contributed by atoms with E-state index in [4.69, 9.17) is 0 Å². The van der Waals surface area contributed by atoms with Crippen molar-refractivity contribution in [3.63, 3.8) is 0 Å². The molecule has 8 aromatic carbocycles. The van der Waals surface area contributed by atoms with Crippen molar-refractivity contribution in [2.45, 2.75) is 111 Å². The van der Waals surface area contributed by atoms with Gasteiger partial charge in [0.1, 0.15) is 0 Å². The van der Waals surface area contributed by atoms with Gasteiger partial charge in [-0.15, -0.1) is 0 Å². The van der Waals surface area contributed by atoms with Gasteiger partial charge in [-0.3, -0.25) is 0 Å². The van der Waals surface area contributed by atoms with Crippen molar-refractivity contribution in [2.75, 3.05) is 11.9 Å². The van der Waals surface area contributed by atoms with Crippen LogP contribution in [-0.4, -0.2) is 7.05 Å². The summed E-state index contributed by atoms with van der Waals surface area (Å²) in [6.45, 7) is 32.4. The first-order chi connectivity index (χ1) is 32.4. The van der Waals surface area contributed by atoms with E-state index in [-0.39, 0.29) is 0 Å². The fraction of sp³-hybridized carbons (Fsp3) is 0.262. The van der Waals surface area contributed by atoms with Crippen molar-refractivity contribution < 1.29 is 0 Å². The van der Waals surface area contributed by atoms with E-state index in [1.165, 1.54) is 55.9 Å². The number of para-hydroxylation sites is 2. The molecule has 0 unspecified atom stereocenters. The van der Waals surface area contributed by atoms with Gasteiger partial charge >= 0.3 is 0 Å². The quantitative estimate of drug-likeness (QED) is 0.170. The third-order valence-corrected chi connectivity index (χ3v) is 8.63. The summed E-state index contributed by atoms with van der Waals surface area (Å²) in [5.41, 5.74) is 12.9. The minimum absolute atomic E-state index is 1.21. The Kier molecular flexibility index (Phi) is 45.0. The third-order valence-electron chi connectivity index (χ3n) is 8.63. The second-order valence-corrected chi connectivity index (χ2v) is 12.9.